The number of rotatable bonds is 6. The summed E-state index contributed by atoms with van der Waals surface area (Å²) in [6.45, 7) is -3.62. The van der Waals surface area contributed by atoms with Crippen molar-refractivity contribution in [2.75, 3.05) is 12.4 Å². The number of nitrogens with one attached hydrogen (secondary N) is 2. The fourth-order valence-electron chi connectivity index (χ4n) is 5.52. The quantitative estimate of drug-likeness (QED) is 0.335. The number of hydrogen-bond donors (Lipinski definition) is 3. The molecule has 0 spiro atoms. The summed E-state index contributed by atoms with van der Waals surface area (Å²) in [7, 11) is 1.18. The highest BCUT2D eigenvalue weighted by Gasteiger charge is 2.60. The molecule has 204 valence electrons. The van der Waals surface area contributed by atoms with Gasteiger partial charge in [0.2, 0.25) is 5.91 Å². The lowest BCUT2D eigenvalue weighted by molar-refractivity contribution is -0.123. The van der Waals surface area contributed by atoms with Crippen LogP contribution in [-0.4, -0.2) is 54.0 Å². The first-order valence-corrected chi connectivity index (χ1v) is 12.4. The fraction of sp³-hybridized carbons (Fsp3) is 0.462. The Morgan fingerprint density at radius 1 is 1.28 bits per heavy atom. The number of fused-ring (bicyclic) bond motifs is 2. The monoisotopic (exact) mass is 540 g/mol. The molecule has 0 saturated heterocycles. The molecule has 0 aromatic carbocycles. The molecule has 2 saturated carbocycles. The zero-order chi connectivity index (χ0) is 33.6. The first-order valence-electron chi connectivity index (χ1n) is 15.9. The van der Waals surface area contributed by atoms with Gasteiger partial charge in [-0.2, -0.15) is 5.10 Å². The summed E-state index contributed by atoms with van der Waals surface area (Å²) in [4.78, 5) is 46.8. The van der Waals surface area contributed by atoms with Gasteiger partial charge in [-0.25, -0.2) is 24.2 Å². The van der Waals surface area contributed by atoms with Crippen LogP contribution in [0.3, 0.4) is 0 Å². The Bertz CT molecular complexity index is 1970. The molecule has 0 aliphatic heterocycles. The van der Waals surface area contributed by atoms with Gasteiger partial charge in [0.05, 0.1) is 31.4 Å². The van der Waals surface area contributed by atoms with Crippen molar-refractivity contribution in [3.63, 3.8) is 0 Å². The number of hydrogen-bond acceptors (Lipinski definition) is 8. The van der Waals surface area contributed by atoms with Gasteiger partial charge in [-0.1, -0.05) is 6.92 Å². The van der Waals surface area contributed by atoms with Crippen molar-refractivity contribution in [1.82, 2.24) is 34.2 Å². The first kappa shape index (κ1) is 18.0. The number of nitrogens with two attached hydrogens (primary N) is 1. The second-order valence-electron chi connectivity index (χ2n) is 10.0. The molecule has 13 nitrogen and oxygen atoms in total. The molecular formula is C26H31N9O4. The summed E-state index contributed by atoms with van der Waals surface area (Å²) >= 11 is 0. The summed E-state index contributed by atoms with van der Waals surface area (Å²) in [5.41, 5.74) is 3.85. The van der Waals surface area contributed by atoms with Crippen LogP contribution in [0.25, 0.3) is 22.1 Å². The van der Waals surface area contributed by atoms with Gasteiger partial charge in [0.25, 0.3) is 0 Å². The molecule has 4 N–H and O–H groups in total. The van der Waals surface area contributed by atoms with Crippen LogP contribution in [0.1, 0.15) is 53.9 Å². The van der Waals surface area contributed by atoms with Crippen molar-refractivity contribution in [2.24, 2.45) is 18.6 Å². The maximum Gasteiger partial charge on any atom is 0.407 e. The Kier molecular flexibility index (Phi) is 4.06. The smallest absolute Gasteiger partial charge is 0.407 e. The minimum Gasteiger partial charge on any atom is -0.453 e. The van der Waals surface area contributed by atoms with Gasteiger partial charge in [-0.15, -0.1) is 0 Å². The molecule has 2 aliphatic rings. The van der Waals surface area contributed by atoms with Crippen LogP contribution in [0.15, 0.2) is 29.2 Å². The number of alkyl carbamates (subject to hydrolysis) is 1. The number of pyridine rings is 2. The fourth-order valence-corrected chi connectivity index (χ4v) is 5.52. The highest BCUT2D eigenvalue weighted by molar-refractivity contribution is 5.90. The molecule has 4 atom stereocenters. The van der Waals surface area contributed by atoms with Crippen LogP contribution >= 0.6 is 0 Å². The number of anilines is 2. The molecular weight excluding hydrogens is 502 g/mol. The highest BCUT2D eigenvalue weighted by atomic mass is 16.5. The van der Waals surface area contributed by atoms with Crippen LogP contribution in [0, 0.1) is 12.8 Å². The molecule has 4 aromatic heterocycles. The standard InChI is InChI=1S/C26H31N9O4/c1-13-11-26(13,23(27)36)35-22-17(14(2)32-35)7-8-20(31-22)30-21-10-18-19(12-28-21)33(3)25(38)34(18)16-6-5-15(9-16)29-24(37)39-4/h7-8,10,12-13,15-16H,5-6,9,11H2,1-4H3,(H2,27,36)(H,29,37)(H,28,30,31)/i2D3,3D3,15D. The Morgan fingerprint density at radius 2 is 2.10 bits per heavy atom. The zero-order valence-electron chi connectivity index (χ0n) is 28.2. The molecule has 4 heterocycles. The van der Waals surface area contributed by atoms with E-state index in [9.17, 15) is 14.4 Å². The Labute approximate surface area is 233 Å². The summed E-state index contributed by atoms with van der Waals surface area (Å²) in [6, 6.07) is 2.43. The van der Waals surface area contributed by atoms with E-state index in [1.807, 2.05) is 0 Å². The number of nitrogens with zero attached hydrogens (tertiary/aromatic N) is 6. The first-order chi connectivity index (χ1) is 21.4. The third kappa shape index (κ3) is 3.82. The van der Waals surface area contributed by atoms with Gasteiger partial charge in [-0.3, -0.25) is 13.9 Å². The van der Waals surface area contributed by atoms with E-state index in [1.54, 1.807) is 6.92 Å². The average molecular weight is 541 g/mol. The number of carbonyl (C=O) groups excluding carboxylic acids is 2. The number of aryl methyl sites for hydroxylation is 2. The SMILES string of the molecule is [2H]C1(NC(=O)OC)CCC(n2c(=O)n(C([2H])([2H])[2H])c3cnc(Nc4ccc5c(C([2H])([2H])[2H])nn(C6(C(N)=O)CC6C)c5n4)cc32)C1. The lowest BCUT2D eigenvalue weighted by atomic mass is 10.2. The van der Waals surface area contributed by atoms with Crippen molar-refractivity contribution in [3.8, 4) is 0 Å². The van der Waals surface area contributed by atoms with E-state index >= 15 is 0 Å². The number of amides is 2. The second kappa shape index (κ2) is 8.82. The van der Waals surface area contributed by atoms with Gasteiger partial charge in [0.15, 0.2) is 5.65 Å². The minimum absolute atomic E-state index is 0.0152. The minimum atomic E-state index is -2.83. The van der Waals surface area contributed by atoms with E-state index in [0.717, 1.165) is 0 Å². The van der Waals surface area contributed by atoms with Gasteiger partial charge >= 0.3 is 11.8 Å². The maximum atomic E-state index is 13.6. The molecule has 2 amide bonds. The van der Waals surface area contributed by atoms with Crippen LogP contribution in [-0.2, 0) is 22.0 Å². The summed E-state index contributed by atoms with van der Waals surface area (Å²) in [5.74, 6) is -0.482. The van der Waals surface area contributed by atoms with E-state index in [4.69, 9.17) is 15.3 Å². The molecule has 2 aliphatic carbocycles. The summed E-state index contributed by atoms with van der Waals surface area (Å²) in [6.07, 6.45) is 1.31. The Hall–Kier alpha value is -4.42. The number of methoxy groups -OCH3 is 1. The van der Waals surface area contributed by atoms with Gasteiger partial charge in [-0.05, 0) is 50.6 Å². The number of primary amides is 1. The Morgan fingerprint density at radius 3 is 2.79 bits per heavy atom. The van der Waals surface area contributed by atoms with E-state index in [2.05, 4.69) is 30.4 Å². The van der Waals surface area contributed by atoms with Crippen LogP contribution in [0.2, 0.25) is 0 Å². The highest BCUT2D eigenvalue weighted by Crippen LogP contribution is 2.50. The lowest BCUT2D eigenvalue weighted by Crippen LogP contribution is -2.36. The predicted molar refractivity (Wildman–Crippen MR) is 144 cm³/mol. The van der Waals surface area contributed by atoms with Crippen LogP contribution < -0.4 is 22.1 Å². The molecule has 0 radical (unpaired) electrons. The molecule has 4 unspecified atom stereocenters. The maximum absolute atomic E-state index is 13.6. The molecule has 39 heavy (non-hydrogen) atoms. The van der Waals surface area contributed by atoms with Crippen LogP contribution in [0.4, 0.5) is 16.4 Å². The van der Waals surface area contributed by atoms with Gasteiger partial charge < -0.3 is 21.1 Å². The third-order valence-corrected chi connectivity index (χ3v) is 7.71. The van der Waals surface area contributed by atoms with Gasteiger partial charge in [0, 0.05) is 38.7 Å². The van der Waals surface area contributed by atoms with E-state index in [0.29, 0.717) is 17.4 Å². The van der Waals surface area contributed by atoms with Gasteiger partial charge in [0.1, 0.15) is 17.2 Å². The largest absolute Gasteiger partial charge is 0.453 e. The van der Waals surface area contributed by atoms with Crippen molar-refractivity contribution in [2.45, 2.75) is 57.1 Å². The van der Waals surface area contributed by atoms with Crippen molar-refractivity contribution >= 4 is 45.7 Å². The summed E-state index contributed by atoms with van der Waals surface area (Å²) < 4.78 is 64.4. The third-order valence-electron chi connectivity index (χ3n) is 7.71. The molecule has 2 fully saturated rings. The lowest BCUT2D eigenvalue weighted by Gasteiger charge is -2.15. The van der Waals surface area contributed by atoms with E-state index in [-0.39, 0.29) is 58.2 Å². The predicted octanol–water partition coefficient (Wildman–Crippen LogP) is 2.20. The second-order valence-corrected chi connectivity index (χ2v) is 10.0. The van der Waals surface area contributed by atoms with Crippen molar-refractivity contribution in [1.29, 1.82) is 0 Å². The zero-order valence-corrected chi connectivity index (χ0v) is 21.2. The molecule has 0 bridgehead atoms. The average Bonchev–Trinajstić information content (AvgIpc) is 3.21. The topological polar surface area (TPSA) is 164 Å². The molecule has 4 aromatic rings. The van der Waals surface area contributed by atoms with E-state index < -0.39 is 49.1 Å². The number of aromatic nitrogens is 6. The van der Waals surface area contributed by atoms with Crippen molar-refractivity contribution in [3.05, 3.63) is 40.6 Å². The molecule has 6 rings (SSSR count). The number of imidazole rings is 1. The van der Waals surface area contributed by atoms with Crippen LogP contribution in [0.5, 0.6) is 0 Å². The Balaban J connectivity index is 1.43. The summed E-state index contributed by atoms with van der Waals surface area (Å²) in [5, 5.41) is 10.00. The number of carbonyl (C=O) groups is 2. The molecule has 13 heteroatoms. The van der Waals surface area contributed by atoms with Crippen molar-refractivity contribution < 1.29 is 23.9 Å². The normalized spacial score (nSPS) is 29.4. The number of ether oxygens (including phenoxy) is 1. The van der Waals surface area contributed by atoms with E-state index in [1.165, 1.54) is 40.8 Å².